The Kier molecular flexibility index (Phi) is 5.77. The topological polar surface area (TPSA) is 155 Å². The number of primary amides is 2. The van der Waals surface area contributed by atoms with E-state index in [0.29, 0.717) is 10.9 Å². The number of carbonyl (C=O) groups excluding carboxylic acids is 3. The van der Waals surface area contributed by atoms with Crippen LogP contribution in [-0.4, -0.2) is 44.6 Å². The third kappa shape index (κ3) is 4.11. The van der Waals surface area contributed by atoms with Gasteiger partial charge in [-0.2, -0.15) is 5.10 Å². The molecule has 188 valence electrons. The molecule has 1 spiro atoms. The van der Waals surface area contributed by atoms with Crippen LogP contribution in [0.15, 0.2) is 41.0 Å². The van der Waals surface area contributed by atoms with E-state index in [4.69, 9.17) is 16.2 Å². The van der Waals surface area contributed by atoms with Gasteiger partial charge in [0.15, 0.2) is 5.69 Å². The Labute approximate surface area is 215 Å². The van der Waals surface area contributed by atoms with Crippen LogP contribution < -0.4 is 21.5 Å². The number of fused-ring (bicyclic) bond motifs is 1. The standard InChI is InChI=1S/C25H27BrN6O4/c1-24(2,23(28)35)32-18-8-13(26)5-6-16(18)19(31-32)21(34)30-14-9-25(10-14)11-15(12-25)36-22-17(20(27)33)4-3-7-29-22/h3-8,14-15H,9-12H2,1-2H3,(H2,27,33)(H2,28,35)(H,30,34). The molecule has 1 aromatic carbocycles. The van der Waals surface area contributed by atoms with E-state index >= 15 is 0 Å². The minimum absolute atomic E-state index is 0.0225. The zero-order valence-corrected chi connectivity index (χ0v) is 21.5. The van der Waals surface area contributed by atoms with Gasteiger partial charge in [0, 0.05) is 22.1 Å². The van der Waals surface area contributed by atoms with Crippen molar-refractivity contribution in [2.75, 3.05) is 0 Å². The number of rotatable bonds is 7. The van der Waals surface area contributed by atoms with E-state index in [1.54, 1.807) is 32.2 Å². The summed E-state index contributed by atoms with van der Waals surface area (Å²) < 4.78 is 8.24. The van der Waals surface area contributed by atoms with E-state index in [-0.39, 0.29) is 40.6 Å². The molecule has 2 heterocycles. The van der Waals surface area contributed by atoms with Crippen LogP contribution in [0.2, 0.25) is 0 Å². The number of nitrogens with one attached hydrogen (secondary N) is 1. The summed E-state index contributed by atoms with van der Waals surface area (Å²) in [7, 11) is 0. The zero-order valence-electron chi connectivity index (χ0n) is 20.0. The van der Waals surface area contributed by atoms with Gasteiger partial charge in [-0.25, -0.2) is 9.67 Å². The summed E-state index contributed by atoms with van der Waals surface area (Å²) in [6.07, 6.45) is 4.85. The summed E-state index contributed by atoms with van der Waals surface area (Å²) in [4.78, 5) is 41.0. The molecule has 2 fully saturated rings. The monoisotopic (exact) mass is 554 g/mol. The van der Waals surface area contributed by atoms with Gasteiger partial charge in [0.05, 0.1) is 5.52 Å². The van der Waals surface area contributed by atoms with Crippen molar-refractivity contribution in [3.63, 3.8) is 0 Å². The molecule has 11 heteroatoms. The van der Waals surface area contributed by atoms with Crippen molar-refractivity contribution in [3.8, 4) is 5.88 Å². The SMILES string of the molecule is CC(C)(C(N)=O)n1nc(C(=O)NC2CC3(C2)CC(Oc2ncccc2C(N)=O)C3)c2ccc(Br)cc21. The highest BCUT2D eigenvalue weighted by Crippen LogP contribution is 2.56. The average molecular weight is 555 g/mol. The largest absolute Gasteiger partial charge is 0.474 e. The van der Waals surface area contributed by atoms with Crippen molar-refractivity contribution in [3.05, 3.63) is 52.3 Å². The Balaban J connectivity index is 1.24. The van der Waals surface area contributed by atoms with E-state index in [0.717, 1.165) is 30.2 Å². The summed E-state index contributed by atoms with van der Waals surface area (Å²) in [6.45, 7) is 3.35. The lowest BCUT2D eigenvalue weighted by Crippen LogP contribution is -2.58. The first-order valence-corrected chi connectivity index (χ1v) is 12.5. The minimum Gasteiger partial charge on any atom is -0.474 e. The molecule has 0 atom stereocenters. The number of nitrogens with two attached hydrogens (primary N) is 2. The van der Waals surface area contributed by atoms with Crippen LogP contribution in [0.5, 0.6) is 5.88 Å². The maximum absolute atomic E-state index is 13.2. The lowest BCUT2D eigenvalue weighted by Gasteiger charge is -2.57. The fourth-order valence-corrected chi connectivity index (χ4v) is 5.63. The highest BCUT2D eigenvalue weighted by atomic mass is 79.9. The Morgan fingerprint density at radius 3 is 2.56 bits per heavy atom. The third-order valence-corrected chi connectivity index (χ3v) is 7.81. The van der Waals surface area contributed by atoms with E-state index in [1.807, 2.05) is 18.2 Å². The summed E-state index contributed by atoms with van der Waals surface area (Å²) >= 11 is 3.45. The van der Waals surface area contributed by atoms with E-state index in [2.05, 4.69) is 31.3 Å². The molecule has 2 aromatic heterocycles. The van der Waals surface area contributed by atoms with Crippen LogP contribution in [0.3, 0.4) is 0 Å². The zero-order chi connectivity index (χ0) is 25.8. The first kappa shape index (κ1) is 24.2. The van der Waals surface area contributed by atoms with E-state index < -0.39 is 17.4 Å². The van der Waals surface area contributed by atoms with Crippen LogP contribution in [0.4, 0.5) is 0 Å². The molecule has 2 aliphatic rings. The van der Waals surface area contributed by atoms with Crippen LogP contribution in [0.25, 0.3) is 10.9 Å². The number of hydrogen-bond donors (Lipinski definition) is 3. The van der Waals surface area contributed by atoms with Crippen LogP contribution in [-0.2, 0) is 10.3 Å². The third-order valence-electron chi connectivity index (χ3n) is 7.32. The normalized spacial score (nSPS) is 23.1. The molecule has 3 aromatic rings. The van der Waals surface area contributed by atoms with Gasteiger partial charge in [-0.05, 0) is 75.3 Å². The van der Waals surface area contributed by atoms with Crippen molar-refractivity contribution in [2.45, 2.75) is 57.2 Å². The summed E-state index contributed by atoms with van der Waals surface area (Å²) in [6, 6.07) is 8.73. The number of halogens is 1. The molecule has 0 saturated heterocycles. The minimum atomic E-state index is -1.11. The number of pyridine rings is 1. The van der Waals surface area contributed by atoms with Crippen LogP contribution >= 0.6 is 15.9 Å². The average Bonchev–Trinajstić information content (AvgIpc) is 3.15. The van der Waals surface area contributed by atoms with Gasteiger partial charge < -0.3 is 21.5 Å². The van der Waals surface area contributed by atoms with Gasteiger partial charge >= 0.3 is 0 Å². The summed E-state index contributed by atoms with van der Waals surface area (Å²) in [5, 5.41) is 8.24. The van der Waals surface area contributed by atoms with E-state index in [9.17, 15) is 14.4 Å². The Morgan fingerprint density at radius 1 is 1.17 bits per heavy atom. The Morgan fingerprint density at radius 2 is 1.89 bits per heavy atom. The summed E-state index contributed by atoms with van der Waals surface area (Å²) in [5.41, 5.74) is 11.2. The second kappa shape index (κ2) is 8.58. The molecule has 0 bridgehead atoms. The predicted molar refractivity (Wildman–Crippen MR) is 135 cm³/mol. The molecular formula is C25H27BrN6O4. The second-order valence-electron chi connectivity index (χ2n) is 10.3. The molecule has 3 amide bonds. The first-order chi connectivity index (χ1) is 17.0. The number of benzene rings is 1. The van der Waals surface area contributed by atoms with Gasteiger partial charge in [0.2, 0.25) is 11.8 Å². The fourth-order valence-electron chi connectivity index (χ4n) is 5.28. The van der Waals surface area contributed by atoms with Crippen molar-refractivity contribution >= 4 is 44.6 Å². The van der Waals surface area contributed by atoms with E-state index in [1.165, 1.54) is 4.68 Å². The van der Waals surface area contributed by atoms with Gasteiger partial charge in [0.25, 0.3) is 11.8 Å². The number of aromatic nitrogens is 3. The smallest absolute Gasteiger partial charge is 0.272 e. The Bertz CT molecular complexity index is 1390. The van der Waals surface area contributed by atoms with Crippen LogP contribution in [0.1, 0.15) is 60.4 Å². The maximum atomic E-state index is 13.2. The number of amides is 3. The van der Waals surface area contributed by atoms with Crippen molar-refractivity contribution in [1.82, 2.24) is 20.1 Å². The quantitative estimate of drug-likeness (QED) is 0.407. The van der Waals surface area contributed by atoms with Gasteiger partial charge in [-0.1, -0.05) is 15.9 Å². The molecule has 10 nitrogen and oxygen atoms in total. The molecule has 36 heavy (non-hydrogen) atoms. The van der Waals surface area contributed by atoms with Crippen molar-refractivity contribution < 1.29 is 19.1 Å². The fraction of sp³-hybridized carbons (Fsp3) is 0.400. The van der Waals surface area contributed by atoms with Crippen molar-refractivity contribution in [1.29, 1.82) is 0 Å². The first-order valence-electron chi connectivity index (χ1n) is 11.7. The second-order valence-corrected chi connectivity index (χ2v) is 11.2. The van der Waals surface area contributed by atoms with Crippen molar-refractivity contribution in [2.24, 2.45) is 16.9 Å². The predicted octanol–water partition coefficient (Wildman–Crippen LogP) is 2.63. The number of ether oxygens (including phenoxy) is 1. The molecular weight excluding hydrogens is 528 g/mol. The molecule has 0 radical (unpaired) electrons. The Hall–Kier alpha value is -3.47. The van der Waals surface area contributed by atoms with Crippen LogP contribution in [0, 0.1) is 5.41 Å². The molecule has 0 aliphatic heterocycles. The van der Waals surface area contributed by atoms with Gasteiger partial charge in [0.1, 0.15) is 17.2 Å². The number of carbonyl (C=O) groups is 3. The van der Waals surface area contributed by atoms with Gasteiger partial charge in [-0.15, -0.1) is 0 Å². The number of hydrogen-bond acceptors (Lipinski definition) is 6. The highest BCUT2D eigenvalue weighted by Gasteiger charge is 2.54. The lowest BCUT2D eigenvalue weighted by atomic mass is 9.53. The number of nitrogens with zero attached hydrogens (tertiary/aromatic N) is 3. The maximum Gasteiger partial charge on any atom is 0.272 e. The van der Waals surface area contributed by atoms with Gasteiger partial charge in [-0.3, -0.25) is 14.4 Å². The highest BCUT2D eigenvalue weighted by molar-refractivity contribution is 9.10. The molecule has 2 aliphatic carbocycles. The molecule has 5 N–H and O–H groups in total. The molecule has 5 rings (SSSR count). The summed E-state index contributed by atoms with van der Waals surface area (Å²) in [5.74, 6) is -1.13. The molecule has 0 unspecified atom stereocenters. The molecule has 2 saturated carbocycles. The lowest BCUT2D eigenvalue weighted by molar-refractivity contribution is -0.125.